The topological polar surface area (TPSA) is 75.4 Å². The molecule has 0 atom stereocenters. The van der Waals surface area contributed by atoms with Crippen molar-refractivity contribution in [1.82, 2.24) is 9.78 Å². The molecule has 1 heterocycles. The van der Waals surface area contributed by atoms with E-state index in [1.54, 1.807) is 24.3 Å². The molecule has 1 N–H and O–H groups in total. The van der Waals surface area contributed by atoms with Crippen LogP contribution in [0.25, 0.3) is 11.3 Å². The van der Waals surface area contributed by atoms with Gasteiger partial charge in [0.1, 0.15) is 11.6 Å². The molecule has 1 aromatic heterocycles. The normalized spacial score (nSPS) is 10.8. The van der Waals surface area contributed by atoms with Crippen molar-refractivity contribution in [3.8, 4) is 11.3 Å². The molecule has 0 unspecified atom stereocenters. The monoisotopic (exact) mass is 433 g/mol. The van der Waals surface area contributed by atoms with Crippen LogP contribution in [0.1, 0.15) is 12.0 Å². The van der Waals surface area contributed by atoms with Crippen LogP contribution in [0, 0.1) is 11.6 Å². The molecular formula is C21H18ClF2N3O3. The van der Waals surface area contributed by atoms with Crippen LogP contribution >= 0.6 is 11.6 Å². The number of halogens is 3. The molecule has 3 aromatic rings. The minimum atomic E-state index is -1.11. The van der Waals surface area contributed by atoms with Crippen LogP contribution in [0.3, 0.4) is 0 Å². The fourth-order valence-corrected chi connectivity index (χ4v) is 3.09. The van der Waals surface area contributed by atoms with Gasteiger partial charge in [-0.3, -0.25) is 9.69 Å². The van der Waals surface area contributed by atoms with Crippen molar-refractivity contribution < 1.29 is 18.7 Å². The van der Waals surface area contributed by atoms with E-state index in [0.29, 0.717) is 23.6 Å². The number of carboxylic acid groups (broad SMARTS) is 1. The first kappa shape index (κ1) is 21.4. The van der Waals surface area contributed by atoms with Crippen molar-refractivity contribution in [3.63, 3.8) is 0 Å². The molecule has 0 aliphatic heterocycles. The highest BCUT2D eigenvalue weighted by Crippen LogP contribution is 2.20. The zero-order chi connectivity index (χ0) is 21.7. The van der Waals surface area contributed by atoms with Crippen LogP contribution in [0.4, 0.5) is 19.3 Å². The quantitative estimate of drug-likeness (QED) is 0.562. The third-order valence-electron chi connectivity index (χ3n) is 4.33. The van der Waals surface area contributed by atoms with Gasteiger partial charge in [0.2, 0.25) is 0 Å². The summed E-state index contributed by atoms with van der Waals surface area (Å²) in [6.45, 7) is 0.294. The molecular weight excluding hydrogens is 416 g/mol. The summed E-state index contributed by atoms with van der Waals surface area (Å²) in [5, 5.41) is 13.6. The number of hydrogen-bond donors (Lipinski definition) is 1. The van der Waals surface area contributed by atoms with E-state index >= 15 is 0 Å². The van der Waals surface area contributed by atoms with E-state index in [9.17, 15) is 23.5 Å². The minimum absolute atomic E-state index is 0.0568. The van der Waals surface area contributed by atoms with Gasteiger partial charge in [0.15, 0.2) is 0 Å². The standard InChI is InChI=1S/C21H18ClF2N3O3/c22-7-2-8-26(21(29)30)18-4-1-3-14(9-18)13-27-20(28)6-5-19(25-27)15-10-16(23)12-17(24)11-15/h1,3-6,9-12H,2,7-8,13H2,(H,29,30). The van der Waals surface area contributed by atoms with E-state index in [2.05, 4.69) is 5.10 Å². The lowest BCUT2D eigenvalue weighted by atomic mass is 10.1. The fourth-order valence-electron chi connectivity index (χ4n) is 2.97. The molecule has 156 valence electrons. The highest BCUT2D eigenvalue weighted by molar-refractivity contribution is 6.17. The van der Waals surface area contributed by atoms with E-state index in [-0.39, 0.29) is 24.3 Å². The zero-order valence-corrected chi connectivity index (χ0v) is 16.5. The molecule has 0 spiro atoms. The van der Waals surface area contributed by atoms with Gasteiger partial charge >= 0.3 is 6.09 Å². The van der Waals surface area contributed by atoms with E-state index < -0.39 is 23.3 Å². The van der Waals surface area contributed by atoms with Crippen molar-refractivity contribution in [3.05, 3.63) is 82.1 Å². The highest BCUT2D eigenvalue weighted by Gasteiger charge is 2.14. The molecule has 2 aromatic carbocycles. The first-order valence-corrected chi connectivity index (χ1v) is 9.61. The van der Waals surface area contributed by atoms with Gasteiger partial charge in [0.05, 0.1) is 12.2 Å². The van der Waals surface area contributed by atoms with Gasteiger partial charge < -0.3 is 5.11 Å². The Morgan fingerprint density at radius 2 is 1.83 bits per heavy atom. The Kier molecular flexibility index (Phi) is 6.79. The first-order chi connectivity index (χ1) is 14.4. The molecule has 0 aliphatic rings. The Labute approximate surface area is 175 Å². The number of benzene rings is 2. The highest BCUT2D eigenvalue weighted by atomic mass is 35.5. The van der Waals surface area contributed by atoms with E-state index in [4.69, 9.17) is 11.6 Å². The summed E-state index contributed by atoms with van der Waals surface area (Å²) in [6.07, 6.45) is -0.617. The molecule has 0 aliphatic carbocycles. The van der Waals surface area contributed by atoms with Crippen molar-refractivity contribution in [2.75, 3.05) is 17.3 Å². The molecule has 0 saturated carbocycles. The molecule has 0 fully saturated rings. The van der Waals surface area contributed by atoms with Gasteiger partial charge in [-0.2, -0.15) is 5.10 Å². The van der Waals surface area contributed by atoms with E-state index in [1.807, 2.05) is 0 Å². The smallest absolute Gasteiger partial charge is 0.411 e. The van der Waals surface area contributed by atoms with Crippen molar-refractivity contribution in [1.29, 1.82) is 0 Å². The second-order valence-corrected chi connectivity index (χ2v) is 6.90. The van der Waals surface area contributed by atoms with Crippen LogP contribution in [-0.4, -0.2) is 33.4 Å². The molecule has 0 saturated heterocycles. The Hall–Kier alpha value is -3.26. The molecule has 1 amide bonds. The van der Waals surface area contributed by atoms with Crippen molar-refractivity contribution in [2.24, 2.45) is 0 Å². The summed E-state index contributed by atoms with van der Waals surface area (Å²) >= 11 is 5.67. The fraction of sp³-hybridized carbons (Fsp3) is 0.190. The molecule has 0 bridgehead atoms. The minimum Gasteiger partial charge on any atom is -0.465 e. The van der Waals surface area contributed by atoms with E-state index in [1.165, 1.54) is 17.0 Å². The van der Waals surface area contributed by atoms with Gasteiger partial charge in [-0.1, -0.05) is 12.1 Å². The molecule has 30 heavy (non-hydrogen) atoms. The van der Waals surface area contributed by atoms with Crippen LogP contribution in [-0.2, 0) is 6.54 Å². The first-order valence-electron chi connectivity index (χ1n) is 9.07. The summed E-state index contributed by atoms with van der Waals surface area (Å²) in [5.74, 6) is -1.16. The summed E-state index contributed by atoms with van der Waals surface area (Å²) in [7, 11) is 0. The second-order valence-electron chi connectivity index (χ2n) is 6.52. The number of aromatic nitrogens is 2. The third kappa shape index (κ3) is 5.21. The number of carbonyl (C=O) groups is 1. The SMILES string of the molecule is O=C(O)N(CCCCl)c1cccc(Cn2nc(-c3cc(F)cc(F)c3)ccc2=O)c1. The summed E-state index contributed by atoms with van der Waals surface area (Å²) < 4.78 is 28.2. The van der Waals surface area contributed by atoms with Gasteiger partial charge in [0, 0.05) is 35.8 Å². The van der Waals surface area contributed by atoms with Crippen LogP contribution in [0.2, 0.25) is 0 Å². The second kappa shape index (κ2) is 9.49. The summed E-state index contributed by atoms with van der Waals surface area (Å²) in [4.78, 5) is 25.0. The van der Waals surface area contributed by atoms with Crippen molar-refractivity contribution >= 4 is 23.4 Å². The Morgan fingerprint density at radius 1 is 1.10 bits per heavy atom. The van der Waals surface area contributed by atoms with Gasteiger partial charge in [0.25, 0.3) is 5.56 Å². The number of rotatable bonds is 7. The summed E-state index contributed by atoms with van der Waals surface area (Å²) in [5.41, 5.74) is 1.12. The predicted octanol–water partition coefficient (Wildman–Crippen LogP) is 4.35. The average Bonchev–Trinajstić information content (AvgIpc) is 2.69. The lowest BCUT2D eigenvalue weighted by Crippen LogP contribution is -2.30. The lowest BCUT2D eigenvalue weighted by molar-refractivity contribution is 0.202. The van der Waals surface area contributed by atoms with Crippen LogP contribution in [0.15, 0.2) is 59.4 Å². The molecule has 9 heteroatoms. The maximum atomic E-state index is 13.5. The zero-order valence-electron chi connectivity index (χ0n) is 15.8. The van der Waals surface area contributed by atoms with Crippen LogP contribution < -0.4 is 10.5 Å². The number of amides is 1. The number of hydrogen-bond acceptors (Lipinski definition) is 3. The summed E-state index contributed by atoms with van der Waals surface area (Å²) in [6, 6.07) is 12.4. The number of nitrogens with zero attached hydrogens (tertiary/aromatic N) is 3. The predicted molar refractivity (Wildman–Crippen MR) is 110 cm³/mol. The Bertz CT molecular complexity index is 1100. The largest absolute Gasteiger partial charge is 0.465 e. The van der Waals surface area contributed by atoms with Gasteiger partial charge in [-0.05, 0) is 42.3 Å². The maximum absolute atomic E-state index is 13.5. The van der Waals surface area contributed by atoms with Crippen molar-refractivity contribution in [2.45, 2.75) is 13.0 Å². The Morgan fingerprint density at radius 3 is 2.50 bits per heavy atom. The lowest BCUT2D eigenvalue weighted by Gasteiger charge is -2.19. The van der Waals surface area contributed by atoms with Gasteiger partial charge in [-0.15, -0.1) is 11.6 Å². The molecule has 6 nitrogen and oxygen atoms in total. The van der Waals surface area contributed by atoms with Crippen LogP contribution in [0.5, 0.6) is 0 Å². The van der Waals surface area contributed by atoms with Gasteiger partial charge in [-0.25, -0.2) is 18.3 Å². The third-order valence-corrected chi connectivity index (χ3v) is 4.59. The number of anilines is 1. The maximum Gasteiger partial charge on any atom is 0.411 e. The molecule has 3 rings (SSSR count). The average molecular weight is 434 g/mol. The van der Waals surface area contributed by atoms with E-state index in [0.717, 1.165) is 22.9 Å². The number of alkyl halides is 1. The Balaban J connectivity index is 1.91. The molecule has 0 radical (unpaired) electrons.